The van der Waals surface area contributed by atoms with Crippen molar-refractivity contribution in [3.05, 3.63) is 65.6 Å². The first-order chi connectivity index (χ1) is 10.4. The lowest BCUT2D eigenvalue weighted by Crippen LogP contribution is -2.33. The third-order valence-electron chi connectivity index (χ3n) is 4.84. The zero-order valence-electron chi connectivity index (χ0n) is 11.6. The summed E-state index contributed by atoms with van der Waals surface area (Å²) < 4.78 is 0. The molecule has 0 fully saturated rings. The smallest absolute Gasteiger partial charge is 0.0599 e. The Balaban J connectivity index is 1.81. The Morgan fingerprint density at radius 2 is 2.05 bits per heavy atom. The summed E-state index contributed by atoms with van der Waals surface area (Å²) in [6.07, 6.45) is 9.74. The molecule has 0 bridgehead atoms. The summed E-state index contributed by atoms with van der Waals surface area (Å²) >= 11 is 0. The van der Waals surface area contributed by atoms with Gasteiger partial charge in [0, 0.05) is 41.1 Å². The quantitative estimate of drug-likeness (QED) is 0.679. The molecule has 3 heteroatoms. The number of nitrogens with zero attached hydrogens (tertiary/aromatic N) is 1. The van der Waals surface area contributed by atoms with Crippen molar-refractivity contribution in [1.82, 2.24) is 9.97 Å². The highest BCUT2D eigenvalue weighted by atomic mass is 14.8. The van der Waals surface area contributed by atoms with Gasteiger partial charge in [-0.2, -0.15) is 0 Å². The van der Waals surface area contributed by atoms with E-state index in [-0.39, 0.29) is 5.41 Å². The molecule has 1 unspecified atom stereocenters. The van der Waals surface area contributed by atoms with Crippen LogP contribution in [0.15, 0.2) is 53.8 Å². The molecule has 1 aliphatic carbocycles. The summed E-state index contributed by atoms with van der Waals surface area (Å²) in [5.41, 5.74) is 6.10. The van der Waals surface area contributed by atoms with E-state index in [2.05, 4.69) is 58.6 Å². The second-order valence-electron chi connectivity index (χ2n) is 5.84. The highest BCUT2D eigenvalue weighted by Gasteiger charge is 2.43. The number of fused-ring (bicyclic) bond motifs is 4. The van der Waals surface area contributed by atoms with Crippen LogP contribution in [0.5, 0.6) is 0 Å². The van der Waals surface area contributed by atoms with Gasteiger partial charge in [0.1, 0.15) is 0 Å². The van der Waals surface area contributed by atoms with Crippen molar-refractivity contribution in [3.8, 4) is 0 Å². The number of hydrogen-bond donors (Lipinski definition) is 2. The molecule has 102 valence electrons. The Morgan fingerprint density at radius 3 is 3.05 bits per heavy atom. The van der Waals surface area contributed by atoms with Gasteiger partial charge in [-0.15, -0.1) is 0 Å². The Bertz CT molecular complexity index is 909. The molecular weight excluding hydrogens is 258 g/mol. The summed E-state index contributed by atoms with van der Waals surface area (Å²) in [6, 6.07) is 10.7. The zero-order valence-corrected chi connectivity index (χ0v) is 11.6. The number of para-hydroxylation sites is 1. The molecule has 3 heterocycles. The van der Waals surface area contributed by atoms with Gasteiger partial charge in [0.05, 0.1) is 11.1 Å². The van der Waals surface area contributed by atoms with Gasteiger partial charge < -0.3 is 9.97 Å². The van der Waals surface area contributed by atoms with Crippen LogP contribution in [-0.2, 0) is 5.41 Å². The van der Waals surface area contributed by atoms with Crippen LogP contribution in [0.1, 0.15) is 23.2 Å². The van der Waals surface area contributed by atoms with Crippen LogP contribution in [0.25, 0.3) is 17.0 Å². The van der Waals surface area contributed by atoms with Gasteiger partial charge in [0.25, 0.3) is 0 Å². The lowest BCUT2D eigenvalue weighted by molar-refractivity contribution is 0.703. The van der Waals surface area contributed by atoms with E-state index in [0.717, 1.165) is 13.0 Å². The fourth-order valence-electron chi connectivity index (χ4n) is 3.84. The molecule has 0 amide bonds. The minimum atomic E-state index is -0.0746. The molecule has 3 aromatic rings. The first-order valence-corrected chi connectivity index (χ1v) is 7.37. The average molecular weight is 273 g/mol. The van der Waals surface area contributed by atoms with E-state index in [1.165, 1.54) is 33.4 Å². The van der Waals surface area contributed by atoms with E-state index < -0.39 is 0 Å². The third-order valence-corrected chi connectivity index (χ3v) is 4.84. The lowest BCUT2D eigenvalue weighted by Gasteiger charge is -2.30. The molecule has 1 aliphatic heterocycles. The van der Waals surface area contributed by atoms with Gasteiger partial charge in [-0.3, -0.25) is 4.99 Å². The topological polar surface area (TPSA) is 43.9 Å². The van der Waals surface area contributed by atoms with Crippen LogP contribution in [0.4, 0.5) is 0 Å². The molecule has 21 heavy (non-hydrogen) atoms. The molecule has 2 aliphatic rings. The average Bonchev–Trinajstić information content (AvgIpc) is 3.23. The van der Waals surface area contributed by atoms with Crippen LogP contribution < -0.4 is 0 Å². The van der Waals surface area contributed by atoms with Crippen molar-refractivity contribution in [3.63, 3.8) is 0 Å². The maximum atomic E-state index is 4.84. The maximum Gasteiger partial charge on any atom is 0.0599 e. The highest BCUT2D eigenvalue weighted by Crippen LogP contribution is 2.44. The van der Waals surface area contributed by atoms with Crippen LogP contribution in [0.3, 0.4) is 0 Å². The predicted octanol–water partition coefficient (Wildman–Crippen LogP) is 3.65. The summed E-state index contributed by atoms with van der Waals surface area (Å²) in [5.74, 6) is 0. The van der Waals surface area contributed by atoms with Crippen LogP contribution in [-0.4, -0.2) is 22.2 Å². The molecular formula is C18H15N3. The maximum absolute atomic E-state index is 4.84. The van der Waals surface area contributed by atoms with E-state index in [1.54, 1.807) is 0 Å². The van der Waals surface area contributed by atoms with Crippen LogP contribution >= 0.6 is 0 Å². The van der Waals surface area contributed by atoms with Crippen molar-refractivity contribution in [2.75, 3.05) is 6.54 Å². The number of H-pyrrole nitrogens is 2. The Hall–Kier alpha value is -2.55. The van der Waals surface area contributed by atoms with Crippen LogP contribution in [0.2, 0.25) is 0 Å². The first kappa shape index (κ1) is 11.1. The minimum absolute atomic E-state index is 0.0746. The Morgan fingerprint density at radius 1 is 1.10 bits per heavy atom. The van der Waals surface area contributed by atoms with Gasteiger partial charge in [0.15, 0.2) is 0 Å². The summed E-state index contributed by atoms with van der Waals surface area (Å²) in [5, 5.41) is 1.30. The SMILES string of the molecule is C1=CC2(c3c[nH]c4ccccc34)CCN=C2c2cc[nH]c21. The molecule has 0 saturated carbocycles. The van der Waals surface area contributed by atoms with Crippen molar-refractivity contribution in [2.24, 2.45) is 4.99 Å². The van der Waals surface area contributed by atoms with Gasteiger partial charge in [0.2, 0.25) is 0 Å². The molecule has 0 spiro atoms. The molecule has 1 atom stereocenters. The van der Waals surface area contributed by atoms with E-state index in [4.69, 9.17) is 4.99 Å². The molecule has 1 aromatic carbocycles. The van der Waals surface area contributed by atoms with Crippen LogP contribution in [0, 0.1) is 0 Å². The molecule has 2 aromatic heterocycles. The zero-order chi connectivity index (χ0) is 13.9. The number of hydrogen-bond acceptors (Lipinski definition) is 1. The highest BCUT2D eigenvalue weighted by molar-refractivity contribution is 6.16. The fraction of sp³-hybridized carbons (Fsp3) is 0.167. The van der Waals surface area contributed by atoms with Gasteiger partial charge >= 0.3 is 0 Å². The second-order valence-corrected chi connectivity index (χ2v) is 5.84. The third kappa shape index (κ3) is 1.31. The number of aliphatic imine (C=N–C) groups is 1. The Labute approximate surface area is 122 Å². The Kier molecular flexibility index (Phi) is 1.99. The predicted molar refractivity (Wildman–Crippen MR) is 85.8 cm³/mol. The summed E-state index contributed by atoms with van der Waals surface area (Å²) in [7, 11) is 0. The molecule has 0 radical (unpaired) electrons. The van der Waals surface area contributed by atoms with E-state index in [0.29, 0.717) is 0 Å². The normalized spacial score (nSPS) is 23.1. The second kappa shape index (κ2) is 3.76. The van der Waals surface area contributed by atoms with Crippen molar-refractivity contribution in [2.45, 2.75) is 11.8 Å². The number of allylic oxidation sites excluding steroid dienone is 1. The van der Waals surface area contributed by atoms with E-state index >= 15 is 0 Å². The number of rotatable bonds is 1. The molecule has 2 N–H and O–H groups in total. The van der Waals surface area contributed by atoms with E-state index in [1.807, 2.05) is 6.20 Å². The summed E-state index contributed by atoms with van der Waals surface area (Å²) in [4.78, 5) is 11.5. The number of aromatic nitrogens is 2. The first-order valence-electron chi connectivity index (χ1n) is 7.37. The van der Waals surface area contributed by atoms with Gasteiger partial charge in [-0.05, 0) is 30.2 Å². The van der Waals surface area contributed by atoms with E-state index in [9.17, 15) is 0 Å². The van der Waals surface area contributed by atoms with Crippen molar-refractivity contribution in [1.29, 1.82) is 0 Å². The monoisotopic (exact) mass is 273 g/mol. The molecule has 3 nitrogen and oxygen atoms in total. The molecule has 5 rings (SSSR count). The van der Waals surface area contributed by atoms with Crippen molar-refractivity contribution < 1.29 is 0 Å². The number of benzene rings is 1. The molecule has 0 saturated heterocycles. The lowest BCUT2D eigenvalue weighted by atomic mass is 9.70. The number of nitrogens with one attached hydrogen (secondary N) is 2. The minimum Gasteiger partial charge on any atom is -0.361 e. The van der Waals surface area contributed by atoms with Crippen molar-refractivity contribution >= 4 is 22.7 Å². The number of aromatic amines is 2. The standard InChI is InChI=1S/C18H15N3/c1-2-4-15-12(3-1)14(11-21-15)18-7-5-16-13(6-9-19-16)17(18)20-10-8-18/h1-7,9,11,19,21H,8,10H2. The largest absolute Gasteiger partial charge is 0.361 e. The van der Waals surface area contributed by atoms with Gasteiger partial charge in [-0.1, -0.05) is 24.3 Å². The fourth-order valence-corrected chi connectivity index (χ4v) is 3.84. The summed E-state index contributed by atoms with van der Waals surface area (Å²) in [6.45, 7) is 0.893. The van der Waals surface area contributed by atoms with Gasteiger partial charge in [-0.25, -0.2) is 0 Å².